The fourth-order valence-electron chi connectivity index (χ4n) is 2.79. The molecule has 27 heavy (non-hydrogen) atoms. The summed E-state index contributed by atoms with van der Waals surface area (Å²) in [7, 11) is -3.55. The highest BCUT2D eigenvalue weighted by Gasteiger charge is 2.26. The minimum Gasteiger partial charge on any atom is -0.486 e. The second kappa shape index (κ2) is 8.03. The highest BCUT2D eigenvalue weighted by molar-refractivity contribution is 7.89. The van der Waals surface area contributed by atoms with Crippen molar-refractivity contribution in [3.05, 3.63) is 64.2 Å². The standard InChI is InChI=1S/C18H20N2O6S/c1-14(15-3-2-4-16(13-15)20(21)22)26-17-5-7-18(8-6-17)27(23,24)19-9-11-25-12-10-19/h2-8,13-14H,9-12H2,1H3/t14-/m1/s1. The molecule has 1 atom stereocenters. The average Bonchev–Trinajstić information content (AvgIpc) is 2.69. The van der Waals surface area contributed by atoms with Gasteiger partial charge < -0.3 is 9.47 Å². The first-order valence-electron chi connectivity index (χ1n) is 8.47. The van der Waals surface area contributed by atoms with E-state index in [1.807, 2.05) is 0 Å². The van der Waals surface area contributed by atoms with Crippen molar-refractivity contribution in [1.82, 2.24) is 4.31 Å². The molecule has 0 aromatic heterocycles. The van der Waals surface area contributed by atoms with E-state index in [-0.39, 0.29) is 10.6 Å². The van der Waals surface area contributed by atoms with Gasteiger partial charge >= 0.3 is 0 Å². The zero-order valence-corrected chi connectivity index (χ0v) is 15.6. The molecule has 1 aliphatic rings. The van der Waals surface area contributed by atoms with Crippen molar-refractivity contribution >= 4 is 15.7 Å². The van der Waals surface area contributed by atoms with Gasteiger partial charge in [-0.1, -0.05) is 12.1 Å². The van der Waals surface area contributed by atoms with Crippen molar-refractivity contribution in [3.8, 4) is 5.75 Å². The monoisotopic (exact) mass is 392 g/mol. The molecule has 0 aliphatic carbocycles. The topological polar surface area (TPSA) is 99.0 Å². The third-order valence-corrected chi connectivity index (χ3v) is 6.21. The maximum atomic E-state index is 12.6. The van der Waals surface area contributed by atoms with Crippen molar-refractivity contribution in [2.75, 3.05) is 26.3 Å². The first-order chi connectivity index (χ1) is 12.9. The zero-order valence-electron chi connectivity index (χ0n) is 14.8. The first-order valence-corrected chi connectivity index (χ1v) is 9.91. The molecule has 3 rings (SSSR count). The summed E-state index contributed by atoms with van der Waals surface area (Å²) < 4.78 is 37.6. The molecular formula is C18H20N2O6S. The molecule has 0 spiro atoms. The molecule has 0 amide bonds. The summed E-state index contributed by atoms with van der Waals surface area (Å²) in [6, 6.07) is 12.4. The lowest BCUT2D eigenvalue weighted by molar-refractivity contribution is -0.385. The number of ether oxygens (including phenoxy) is 2. The quantitative estimate of drug-likeness (QED) is 0.554. The molecule has 1 aliphatic heterocycles. The van der Waals surface area contributed by atoms with E-state index in [4.69, 9.17) is 9.47 Å². The Morgan fingerprint density at radius 2 is 1.81 bits per heavy atom. The van der Waals surface area contributed by atoms with E-state index in [9.17, 15) is 18.5 Å². The number of non-ortho nitro benzene ring substituents is 1. The molecule has 0 radical (unpaired) electrons. The van der Waals surface area contributed by atoms with Gasteiger partial charge in [0.25, 0.3) is 5.69 Å². The van der Waals surface area contributed by atoms with Crippen LogP contribution in [0.2, 0.25) is 0 Å². The van der Waals surface area contributed by atoms with Gasteiger partial charge in [-0.3, -0.25) is 10.1 Å². The van der Waals surface area contributed by atoms with Crippen molar-refractivity contribution in [2.24, 2.45) is 0 Å². The van der Waals surface area contributed by atoms with E-state index in [2.05, 4.69) is 0 Å². The van der Waals surface area contributed by atoms with Gasteiger partial charge in [0.05, 0.1) is 23.0 Å². The van der Waals surface area contributed by atoms with Crippen molar-refractivity contribution in [3.63, 3.8) is 0 Å². The Labute approximate surface area is 157 Å². The second-order valence-electron chi connectivity index (χ2n) is 6.10. The predicted molar refractivity (Wildman–Crippen MR) is 98.2 cm³/mol. The highest BCUT2D eigenvalue weighted by Crippen LogP contribution is 2.26. The lowest BCUT2D eigenvalue weighted by Crippen LogP contribution is -2.40. The van der Waals surface area contributed by atoms with Gasteiger partial charge in [0.1, 0.15) is 11.9 Å². The van der Waals surface area contributed by atoms with Crippen LogP contribution < -0.4 is 4.74 Å². The van der Waals surface area contributed by atoms with Crippen LogP contribution in [-0.2, 0) is 14.8 Å². The zero-order chi connectivity index (χ0) is 19.4. The van der Waals surface area contributed by atoms with Crippen molar-refractivity contribution in [1.29, 1.82) is 0 Å². The summed E-state index contributed by atoms with van der Waals surface area (Å²) in [5.41, 5.74) is 0.657. The number of sulfonamides is 1. The van der Waals surface area contributed by atoms with E-state index in [1.165, 1.54) is 28.6 Å². The molecule has 1 heterocycles. The molecule has 9 heteroatoms. The van der Waals surface area contributed by atoms with E-state index in [0.717, 1.165) is 0 Å². The molecule has 0 saturated carbocycles. The molecule has 0 N–H and O–H groups in total. The Hall–Kier alpha value is -2.49. The lowest BCUT2D eigenvalue weighted by Gasteiger charge is -2.26. The molecule has 0 bridgehead atoms. The fourth-order valence-corrected chi connectivity index (χ4v) is 4.20. The Balaban J connectivity index is 1.72. The third-order valence-electron chi connectivity index (χ3n) is 4.29. The van der Waals surface area contributed by atoms with E-state index >= 15 is 0 Å². The van der Waals surface area contributed by atoms with Crippen LogP contribution in [0.5, 0.6) is 5.75 Å². The molecule has 1 saturated heterocycles. The van der Waals surface area contributed by atoms with Gasteiger partial charge in [0.2, 0.25) is 10.0 Å². The number of nitro benzene ring substituents is 1. The fraction of sp³-hybridized carbons (Fsp3) is 0.333. The number of morpholine rings is 1. The third kappa shape index (κ3) is 4.44. The molecule has 2 aromatic carbocycles. The summed E-state index contributed by atoms with van der Waals surface area (Å²) in [6.07, 6.45) is -0.424. The van der Waals surface area contributed by atoms with Crippen LogP contribution >= 0.6 is 0 Å². The Kier molecular flexibility index (Phi) is 5.73. The Bertz CT molecular complexity index is 908. The van der Waals surface area contributed by atoms with Gasteiger partial charge in [-0.25, -0.2) is 8.42 Å². The SMILES string of the molecule is C[C@@H](Oc1ccc(S(=O)(=O)N2CCOCC2)cc1)c1cccc([N+](=O)[O-])c1. The number of hydrogen-bond acceptors (Lipinski definition) is 6. The summed E-state index contributed by atoms with van der Waals surface area (Å²) in [5.74, 6) is 0.481. The average molecular weight is 392 g/mol. The summed E-state index contributed by atoms with van der Waals surface area (Å²) in [4.78, 5) is 10.6. The van der Waals surface area contributed by atoms with Crippen LogP contribution in [0.4, 0.5) is 5.69 Å². The minimum absolute atomic E-state index is 0.00472. The molecule has 2 aromatic rings. The normalized spacial score (nSPS) is 16.6. The number of nitrogens with zero attached hydrogens (tertiary/aromatic N) is 2. The van der Waals surface area contributed by atoms with Crippen molar-refractivity contribution < 1.29 is 22.8 Å². The summed E-state index contributed by atoms with van der Waals surface area (Å²) >= 11 is 0. The van der Waals surface area contributed by atoms with E-state index < -0.39 is 21.1 Å². The van der Waals surface area contributed by atoms with Crippen LogP contribution in [0.3, 0.4) is 0 Å². The van der Waals surface area contributed by atoms with Crippen LogP contribution in [-0.4, -0.2) is 43.9 Å². The number of hydrogen-bond donors (Lipinski definition) is 0. The number of rotatable bonds is 6. The van der Waals surface area contributed by atoms with E-state index in [1.54, 1.807) is 31.2 Å². The number of nitro groups is 1. The Morgan fingerprint density at radius 3 is 2.44 bits per heavy atom. The summed E-state index contributed by atoms with van der Waals surface area (Å²) in [6.45, 7) is 3.23. The molecular weight excluding hydrogens is 372 g/mol. The second-order valence-corrected chi connectivity index (χ2v) is 8.04. The van der Waals surface area contributed by atoms with Crippen molar-refractivity contribution in [2.45, 2.75) is 17.9 Å². The van der Waals surface area contributed by atoms with E-state index in [0.29, 0.717) is 37.6 Å². The highest BCUT2D eigenvalue weighted by atomic mass is 32.2. The summed E-state index contributed by atoms with van der Waals surface area (Å²) in [5, 5.41) is 10.9. The van der Waals surface area contributed by atoms with Crippen LogP contribution in [0.15, 0.2) is 53.4 Å². The molecule has 1 fully saturated rings. The van der Waals surface area contributed by atoms with Gasteiger partial charge in [0.15, 0.2) is 0 Å². The number of benzene rings is 2. The van der Waals surface area contributed by atoms with Gasteiger partial charge in [-0.05, 0) is 36.8 Å². The smallest absolute Gasteiger partial charge is 0.269 e. The van der Waals surface area contributed by atoms with Gasteiger partial charge in [0, 0.05) is 25.2 Å². The van der Waals surface area contributed by atoms with Crippen LogP contribution in [0, 0.1) is 10.1 Å². The molecule has 144 valence electrons. The maximum Gasteiger partial charge on any atom is 0.269 e. The predicted octanol–water partition coefficient (Wildman–Crippen LogP) is 2.76. The minimum atomic E-state index is -3.55. The largest absolute Gasteiger partial charge is 0.486 e. The van der Waals surface area contributed by atoms with Gasteiger partial charge in [-0.15, -0.1) is 0 Å². The molecule has 0 unspecified atom stereocenters. The van der Waals surface area contributed by atoms with Crippen LogP contribution in [0.1, 0.15) is 18.6 Å². The van der Waals surface area contributed by atoms with Crippen LogP contribution in [0.25, 0.3) is 0 Å². The van der Waals surface area contributed by atoms with Gasteiger partial charge in [-0.2, -0.15) is 4.31 Å². The lowest BCUT2D eigenvalue weighted by atomic mass is 10.1. The first kappa shape index (κ1) is 19.3. The molecule has 8 nitrogen and oxygen atoms in total. The Morgan fingerprint density at radius 1 is 1.15 bits per heavy atom. The maximum absolute atomic E-state index is 12.6.